The molecule has 0 saturated heterocycles. The first kappa shape index (κ1) is 30.6. The summed E-state index contributed by atoms with van der Waals surface area (Å²) in [6.45, 7) is 18.0. The van der Waals surface area contributed by atoms with Gasteiger partial charge in [-0.1, -0.05) is 55.4 Å². The molecule has 0 aliphatic heterocycles. The van der Waals surface area contributed by atoms with Crippen molar-refractivity contribution in [3.05, 3.63) is 92.5 Å². The van der Waals surface area contributed by atoms with Crippen LogP contribution in [0, 0.1) is 55.4 Å². The van der Waals surface area contributed by atoms with Crippen LogP contribution in [0.5, 0.6) is 0 Å². The molecular formula is C25H34Cl2SiTi-2. The van der Waals surface area contributed by atoms with Gasteiger partial charge in [-0.3, -0.25) is 0 Å². The molecule has 0 amide bonds. The van der Waals surface area contributed by atoms with Crippen LogP contribution in [0.15, 0.2) is 42.5 Å². The zero-order valence-electron chi connectivity index (χ0n) is 19.1. The van der Waals surface area contributed by atoms with E-state index in [1.54, 1.807) is 0 Å². The van der Waals surface area contributed by atoms with Crippen LogP contribution in [0.3, 0.4) is 0 Å². The minimum atomic E-state index is 0. The van der Waals surface area contributed by atoms with E-state index < -0.39 is 0 Å². The van der Waals surface area contributed by atoms with Gasteiger partial charge in [0.2, 0.25) is 0 Å². The standard InChI is InChI=1S/2C9H13.C7H8Si.2ClH.Ti/c2*1-6-5-7(2)9(4)8(6)3;8-6-7-4-2-1-3-5-7;;;/h2*5H,1-4H3;1-5,8H,6H2;2*1H;/q2*-1;;;;+2/p-2. The van der Waals surface area contributed by atoms with Crippen molar-refractivity contribution in [3.63, 3.8) is 0 Å². The molecule has 0 radical (unpaired) electrons. The van der Waals surface area contributed by atoms with Crippen LogP contribution < -0.4 is 24.8 Å². The van der Waals surface area contributed by atoms with Gasteiger partial charge in [0.1, 0.15) is 0 Å². The van der Waals surface area contributed by atoms with E-state index in [2.05, 4.69) is 117 Å². The van der Waals surface area contributed by atoms with Crippen molar-refractivity contribution < 1.29 is 44.0 Å². The Labute approximate surface area is 203 Å². The van der Waals surface area contributed by atoms with Crippen molar-refractivity contribution in [1.29, 1.82) is 0 Å². The van der Waals surface area contributed by atoms with Gasteiger partial charge in [-0.2, -0.15) is 56.6 Å². The predicted octanol–water partition coefficient (Wildman–Crippen LogP) is 0.371. The fourth-order valence-electron chi connectivity index (χ4n) is 3.00. The third-order valence-electron chi connectivity index (χ3n) is 5.54. The van der Waals surface area contributed by atoms with Crippen LogP contribution in [-0.2, 0) is 25.2 Å². The summed E-state index contributed by atoms with van der Waals surface area (Å²) < 4.78 is 0. The van der Waals surface area contributed by atoms with E-state index in [0.717, 1.165) is 0 Å². The Hall–Kier alpha value is -0.569. The van der Waals surface area contributed by atoms with E-state index in [0.29, 0.717) is 6.91 Å². The molecule has 3 rings (SSSR count). The summed E-state index contributed by atoms with van der Waals surface area (Å²) in [5.41, 5.74) is 13.0. The summed E-state index contributed by atoms with van der Waals surface area (Å²) in [7, 11) is 0. The molecule has 0 spiro atoms. The predicted molar refractivity (Wildman–Crippen MR) is 119 cm³/mol. The molecule has 0 aromatic heterocycles. The summed E-state index contributed by atoms with van der Waals surface area (Å²) in [4.78, 5) is 0. The summed E-state index contributed by atoms with van der Waals surface area (Å²) in [6, 6.07) is 16.4. The fraction of sp³-hybridized carbons (Fsp3) is 0.360. The maximum absolute atomic E-state index is 2.28. The minimum absolute atomic E-state index is 0. The normalized spacial score (nSPS) is 9.17. The third kappa shape index (κ3) is 9.85. The summed E-state index contributed by atoms with van der Waals surface area (Å²) in [5.74, 6) is 0. The second kappa shape index (κ2) is 15.3. The van der Waals surface area contributed by atoms with Crippen LogP contribution in [0.1, 0.15) is 50.1 Å². The molecule has 0 N–H and O–H groups in total. The first-order valence-electron chi connectivity index (χ1n) is 9.62. The van der Waals surface area contributed by atoms with E-state index in [1.165, 1.54) is 56.1 Å². The van der Waals surface area contributed by atoms with E-state index in [1.807, 2.05) is 0 Å². The molecule has 0 bridgehead atoms. The van der Waals surface area contributed by atoms with E-state index in [9.17, 15) is 0 Å². The first-order chi connectivity index (χ1) is 12.7. The van der Waals surface area contributed by atoms with Gasteiger partial charge in [0.25, 0.3) is 0 Å². The van der Waals surface area contributed by atoms with Crippen molar-refractivity contribution in [1.82, 2.24) is 0 Å². The SMILES string of the molecule is Cc1c[c-](C)c(C)c1C.Cc1c[c-](C)c(C)c1C.[Cl-].[Cl-].[Ti+2]=[SiH]Cc1ccccc1. The topological polar surface area (TPSA) is 0 Å². The fourth-order valence-corrected chi connectivity index (χ4v) is 4.61. The van der Waals surface area contributed by atoms with Crippen LogP contribution in [0.25, 0.3) is 0 Å². The molecule has 158 valence electrons. The monoisotopic (exact) mass is 480 g/mol. The number of rotatable bonds is 2. The zero-order valence-corrected chi connectivity index (χ0v) is 23.3. The van der Waals surface area contributed by atoms with Gasteiger partial charge in [0.15, 0.2) is 0 Å². The van der Waals surface area contributed by atoms with Crippen molar-refractivity contribution in [2.75, 3.05) is 0 Å². The molecular weight excluding hydrogens is 447 g/mol. The van der Waals surface area contributed by atoms with Gasteiger partial charge in [-0.05, 0) is 0 Å². The van der Waals surface area contributed by atoms with Crippen LogP contribution in [0.4, 0.5) is 0 Å². The molecule has 0 aliphatic carbocycles. The molecule has 4 heteroatoms. The Morgan fingerprint density at radius 2 is 1.10 bits per heavy atom. The number of halogens is 2. The number of hydrogen-bond donors (Lipinski definition) is 0. The van der Waals surface area contributed by atoms with Gasteiger partial charge >= 0.3 is 68.0 Å². The van der Waals surface area contributed by atoms with Gasteiger partial charge in [0.05, 0.1) is 0 Å². The summed E-state index contributed by atoms with van der Waals surface area (Å²) >= 11 is 2.28. The first-order valence-corrected chi connectivity index (χ1v) is 13.7. The van der Waals surface area contributed by atoms with Crippen molar-refractivity contribution >= 4 is 6.91 Å². The molecule has 0 fully saturated rings. The number of hydrogen-bond acceptors (Lipinski definition) is 0. The second-order valence-electron chi connectivity index (χ2n) is 7.41. The Bertz CT molecular complexity index is 766. The van der Waals surface area contributed by atoms with Gasteiger partial charge in [-0.25, -0.2) is 0 Å². The number of benzene rings is 1. The molecule has 0 saturated carbocycles. The Morgan fingerprint density at radius 3 is 1.31 bits per heavy atom. The zero-order chi connectivity index (χ0) is 20.6. The number of aryl methyl sites for hydroxylation is 4. The molecule has 0 aliphatic rings. The van der Waals surface area contributed by atoms with Crippen molar-refractivity contribution in [2.45, 2.75) is 61.4 Å². The van der Waals surface area contributed by atoms with Crippen molar-refractivity contribution in [2.24, 2.45) is 0 Å². The van der Waals surface area contributed by atoms with Crippen LogP contribution in [-0.4, -0.2) is 6.91 Å². The average Bonchev–Trinajstić information content (AvgIpc) is 3.01. The molecule has 0 atom stereocenters. The van der Waals surface area contributed by atoms with Crippen molar-refractivity contribution in [3.8, 4) is 0 Å². The summed E-state index contributed by atoms with van der Waals surface area (Å²) in [6.07, 6.45) is 0. The van der Waals surface area contributed by atoms with E-state index >= 15 is 0 Å². The molecule has 3 aromatic carbocycles. The maximum atomic E-state index is 2.28. The van der Waals surface area contributed by atoms with E-state index in [4.69, 9.17) is 0 Å². The molecule has 29 heavy (non-hydrogen) atoms. The molecule has 3 aromatic rings. The molecule has 0 unspecified atom stereocenters. The Kier molecular flexibility index (Phi) is 16.1. The van der Waals surface area contributed by atoms with E-state index in [-0.39, 0.29) is 24.8 Å². The Balaban J connectivity index is 0. The van der Waals surface area contributed by atoms with Gasteiger partial charge in [-0.15, -0.1) is 0 Å². The average molecular weight is 481 g/mol. The summed E-state index contributed by atoms with van der Waals surface area (Å²) in [5, 5.41) is 0. The second-order valence-corrected chi connectivity index (χ2v) is 10.1. The van der Waals surface area contributed by atoms with Gasteiger partial charge < -0.3 is 24.8 Å². The quantitative estimate of drug-likeness (QED) is 0.367. The third-order valence-corrected chi connectivity index (χ3v) is 7.17. The van der Waals surface area contributed by atoms with Crippen LogP contribution in [0.2, 0.25) is 0 Å². The molecule has 0 nitrogen and oxygen atoms in total. The van der Waals surface area contributed by atoms with Gasteiger partial charge in [0, 0.05) is 0 Å². The molecule has 0 heterocycles. The Morgan fingerprint density at radius 1 is 0.724 bits per heavy atom. The van der Waals surface area contributed by atoms with Crippen LogP contribution >= 0.6 is 0 Å².